The topological polar surface area (TPSA) is 35.2 Å². The highest BCUT2D eigenvalue weighted by Gasteiger charge is 2.66. The van der Waals surface area contributed by atoms with Crippen LogP contribution in [0, 0.1) is 5.41 Å². The summed E-state index contributed by atoms with van der Waals surface area (Å²) in [6.45, 7) is 0.466. The molecule has 2 bridgehead atoms. The molecular formula is C13H14F3NO. The minimum absolute atomic E-state index is 0.00280. The van der Waals surface area contributed by atoms with Crippen LogP contribution in [0.4, 0.5) is 13.2 Å². The molecule has 18 heavy (non-hydrogen) atoms. The van der Waals surface area contributed by atoms with Crippen LogP contribution in [0.2, 0.25) is 0 Å². The van der Waals surface area contributed by atoms with Crippen LogP contribution in [0.5, 0.6) is 5.75 Å². The fourth-order valence-corrected chi connectivity index (χ4v) is 3.24. The number of alkyl halides is 3. The number of rotatable bonds is 3. The molecule has 0 radical (unpaired) electrons. The first-order chi connectivity index (χ1) is 8.30. The molecular weight excluding hydrogens is 243 g/mol. The minimum atomic E-state index is -4.32. The molecule has 0 aromatic heterocycles. The van der Waals surface area contributed by atoms with E-state index in [1.807, 2.05) is 0 Å². The Labute approximate surface area is 103 Å². The fraction of sp³-hybridized carbons (Fsp3) is 0.538. The monoisotopic (exact) mass is 257 g/mol. The van der Waals surface area contributed by atoms with Gasteiger partial charge < -0.3 is 10.5 Å². The first-order valence-corrected chi connectivity index (χ1v) is 5.89. The second-order valence-electron chi connectivity index (χ2n) is 5.71. The van der Waals surface area contributed by atoms with E-state index in [2.05, 4.69) is 0 Å². The summed E-state index contributed by atoms with van der Waals surface area (Å²) < 4.78 is 43.0. The Balaban J connectivity index is 1.63. The predicted octanol–water partition coefficient (Wildman–Crippen LogP) is 2.97. The van der Waals surface area contributed by atoms with Crippen molar-refractivity contribution in [3.05, 3.63) is 29.8 Å². The molecule has 0 atom stereocenters. The lowest BCUT2D eigenvalue weighted by atomic mass is 9.40. The standard InChI is InChI=1S/C13H14F3NO/c14-13(15,16)9-2-1-3-10(4-9)18-8-11-5-12(17,6-11)7-11/h1-4H,5-8,17H2. The van der Waals surface area contributed by atoms with Crippen molar-refractivity contribution in [2.75, 3.05) is 6.61 Å². The number of nitrogens with two attached hydrogens (primary N) is 1. The molecule has 0 spiro atoms. The molecule has 0 unspecified atom stereocenters. The number of ether oxygens (including phenoxy) is 1. The van der Waals surface area contributed by atoms with Gasteiger partial charge in [-0.2, -0.15) is 13.2 Å². The summed E-state index contributed by atoms with van der Waals surface area (Å²) in [5.41, 5.74) is 5.37. The van der Waals surface area contributed by atoms with Crippen LogP contribution < -0.4 is 10.5 Å². The van der Waals surface area contributed by atoms with Crippen LogP contribution in [0.25, 0.3) is 0 Å². The van der Waals surface area contributed by atoms with Crippen molar-refractivity contribution in [3.8, 4) is 5.75 Å². The molecule has 3 saturated carbocycles. The highest BCUT2D eigenvalue weighted by molar-refractivity contribution is 5.31. The Morgan fingerprint density at radius 3 is 2.44 bits per heavy atom. The Morgan fingerprint density at radius 2 is 1.89 bits per heavy atom. The molecule has 3 aliphatic rings. The van der Waals surface area contributed by atoms with E-state index < -0.39 is 11.7 Å². The molecule has 1 aromatic carbocycles. The maximum Gasteiger partial charge on any atom is 0.416 e. The van der Waals surface area contributed by atoms with Crippen molar-refractivity contribution < 1.29 is 17.9 Å². The second-order valence-corrected chi connectivity index (χ2v) is 5.71. The van der Waals surface area contributed by atoms with E-state index >= 15 is 0 Å². The summed E-state index contributed by atoms with van der Waals surface area (Å²) in [7, 11) is 0. The predicted molar refractivity (Wildman–Crippen MR) is 60.1 cm³/mol. The third-order valence-electron chi connectivity index (χ3n) is 3.89. The van der Waals surface area contributed by atoms with Gasteiger partial charge in [-0.05, 0) is 37.5 Å². The van der Waals surface area contributed by atoms with Crippen molar-refractivity contribution in [3.63, 3.8) is 0 Å². The molecule has 0 amide bonds. The molecule has 5 heteroatoms. The van der Waals surface area contributed by atoms with E-state index in [-0.39, 0.29) is 16.7 Å². The number of benzene rings is 1. The quantitative estimate of drug-likeness (QED) is 0.903. The molecule has 98 valence electrons. The first kappa shape index (κ1) is 11.8. The highest BCUT2D eigenvalue weighted by atomic mass is 19.4. The zero-order valence-corrected chi connectivity index (χ0v) is 9.76. The van der Waals surface area contributed by atoms with Crippen LogP contribution in [0.3, 0.4) is 0 Å². The van der Waals surface area contributed by atoms with Gasteiger partial charge in [-0.15, -0.1) is 0 Å². The van der Waals surface area contributed by atoms with Gasteiger partial charge in [-0.25, -0.2) is 0 Å². The van der Waals surface area contributed by atoms with Crippen LogP contribution in [-0.2, 0) is 6.18 Å². The molecule has 1 aromatic rings. The Hall–Kier alpha value is -1.23. The molecule has 0 aliphatic heterocycles. The Morgan fingerprint density at radius 1 is 1.22 bits per heavy atom. The summed E-state index contributed by atoms with van der Waals surface area (Å²) in [5.74, 6) is 0.278. The number of hydrogen-bond acceptors (Lipinski definition) is 2. The molecule has 3 aliphatic carbocycles. The molecule has 4 rings (SSSR count). The molecule has 2 N–H and O–H groups in total. The molecule has 0 heterocycles. The smallest absolute Gasteiger partial charge is 0.416 e. The largest absolute Gasteiger partial charge is 0.493 e. The Bertz CT molecular complexity index is 464. The highest BCUT2D eigenvalue weighted by Crippen LogP contribution is 2.65. The summed E-state index contributed by atoms with van der Waals surface area (Å²) in [5, 5.41) is 0. The van der Waals surface area contributed by atoms with E-state index in [1.165, 1.54) is 6.07 Å². The van der Waals surface area contributed by atoms with Gasteiger partial charge in [0.05, 0.1) is 12.2 Å². The number of halogens is 3. The lowest BCUT2D eigenvalue weighted by Crippen LogP contribution is -2.73. The van der Waals surface area contributed by atoms with Gasteiger partial charge in [0.15, 0.2) is 0 Å². The van der Waals surface area contributed by atoms with Gasteiger partial charge in [0.2, 0.25) is 0 Å². The fourth-order valence-electron chi connectivity index (χ4n) is 3.24. The summed E-state index contributed by atoms with van der Waals surface area (Å²) in [6, 6.07) is 5.01. The van der Waals surface area contributed by atoms with Gasteiger partial charge in [-0.3, -0.25) is 0 Å². The van der Waals surface area contributed by atoms with Gasteiger partial charge in [0, 0.05) is 11.0 Å². The first-order valence-electron chi connectivity index (χ1n) is 5.89. The average Bonchev–Trinajstić information content (AvgIpc) is 2.21. The van der Waals surface area contributed by atoms with E-state index in [0.29, 0.717) is 6.61 Å². The molecule has 2 nitrogen and oxygen atoms in total. The van der Waals surface area contributed by atoms with E-state index in [9.17, 15) is 13.2 Å². The lowest BCUT2D eigenvalue weighted by molar-refractivity contribution is -0.153. The zero-order chi connectivity index (χ0) is 13.0. The van der Waals surface area contributed by atoms with Gasteiger partial charge >= 0.3 is 6.18 Å². The van der Waals surface area contributed by atoms with Crippen molar-refractivity contribution in [1.29, 1.82) is 0 Å². The van der Waals surface area contributed by atoms with Gasteiger partial charge in [0.1, 0.15) is 5.75 Å². The molecule has 3 fully saturated rings. The van der Waals surface area contributed by atoms with E-state index in [0.717, 1.165) is 31.4 Å². The summed E-state index contributed by atoms with van der Waals surface area (Å²) >= 11 is 0. The maximum absolute atomic E-state index is 12.5. The van der Waals surface area contributed by atoms with Gasteiger partial charge in [0.25, 0.3) is 0 Å². The van der Waals surface area contributed by atoms with Crippen molar-refractivity contribution in [2.24, 2.45) is 11.1 Å². The number of hydrogen-bond donors (Lipinski definition) is 1. The normalized spacial score (nSPS) is 33.6. The Kier molecular flexibility index (Phi) is 2.24. The molecule has 0 saturated heterocycles. The minimum Gasteiger partial charge on any atom is -0.493 e. The summed E-state index contributed by atoms with van der Waals surface area (Å²) in [6.07, 6.45) is -1.53. The van der Waals surface area contributed by atoms with E-state index in [1.54, 1.807) is 6.07 Å². The second kappa shape index (κ2) is 3.41. The summed E-state index contributed by atoms with van der Waals surface area (Å²) in [4.78, 5) is 0. The van der Waals surface area contributed by atoms with Gasteiger partial charge in [-0.1, -0.05) is 6.07 Å². The third kappa shape index (κ3) is 1.86. The van der Waals surface area contributed by atoms with Crippen LogP contribution in [0.1, 0.15) is 24.8 Å². The maximum atomic E-state index is 12.5. The van der Waals surface area contributed by atoms with Crippen molar-refractivity contribution >= 4 is 0 Å². The van der Waals surface area contributed by atoms with E-state index in [4.69, 9.17) is 10.5 Å². The van der Waals surface area contributed by atoms with Crippen molar-refractivity contribution in [2.45, 2.75) is 31.0 Å². The van der Waals surface area contributed by atoms with Crippen molar-refractivity contribution in [1.82, 2.24) is 0 Å². The SMILES string of the molecule is NC12CC(COc3cccc(C(F)(F)F)c3)(C1)C2. The van der Waals surface area contributed by atoms with Crippen LogP contribution in [-0.4, -0.2) is 12.1 Å². The third-order valence-corrected chi connectivity index (χ3v) is 3.89. The zero-order valence-electron chi connectivity index (χ0n) is 9.76. The van der Waals surface area contributed by atoms with Crippen LogP contribution >= 0.6 is 0 Å². The lowest BCUT2D eigenvalue weighted by Gasteiger charge is -2.68. The van der Waals surface area contributed by atoms with Crippen LogP contribution in [0.15, 0.2) is 24.3 Å². The average molecular weight is 257 g/mol.